The van der Waals surface area contributed by atoms with E-state index in [-0.39, 0.29) is 29.9 Å². The van der Waals surface area contributed by atoms with Crippen molar-refractivity contribution in [3.63, 3.8) is 0 Å². The predicted octanol–water partition coefficient (Wildman–Crippen LogP) is 5.92. The fraction of sp³-hybridized carbons (Fsp3) is 0.273. The molecule has 0 radical (unpaired) electrons. The second-order valence-electron chi connectivity index (χ2n) is 10.4. The molecule has 2 aliphatic rings. The molecule has 3 atom stereocenters. The van der Waals surface area contributed by atoms with Gasteiger partial charge < -0.3 is 19.5 Å². The van der Waals surface area contributed by atoms with Gasteiger partial charge in [-0.3, -0.25) is 19.6 Å². The Labute approximate surface area is 238 Å². The second-order valence-corrected chi connectivity index (χ2v) is 10.4. The van der Waals surface area contributed by atoms with E-state index in [1.165, 1.54) is 6.92 Å². The highest BCUT2D eigenvalue weighted by Gasteiger charge is 2.38. The molecular weight excluding hydrogens is 518 g/mol. The highest BCUT2D eigenvalue weighted by atomic mass is 16.5. The second kappa shape index (κ2) is 11.0. The number of ether oxygens (including phenoxy) is 3. The maximum Gasteiger partial charge on any atom is 0.302 e. The number of amides is 1. The van der Waals surface area contributed by atoms with Crippen molar-refractivity contribution in [3.8, 4) is 11.5 Å². The van der Waals surface area contributed by atoms with Gasteiger partial charge in [0.25, 0.3) is 5.91 Å². The Morgan fingerprint density at radius 1 is 0.927 bits per heavy atom. The van der Waals surface area contributed by atoms with Crippen molar-refractivity contribution in [2.24, 2.45) is 4.99 Å². The van der Waals surface area contributed by atoms with Gasteiger partial charge in [0.15, 0.2) is 11.5 Å². The predicted molar refractivity (Wildman–Crippen MR) is 157 cm³/mol. The standard InChI is InChI=1S/C33H31N3O5/c1-19(37)41-24-12-13-29-26(15-24)25-16-30(39-2)31(40-3)17-27(25)32(36-29)20-8-10-21(11-9-20)33(38)35-23-14-22-6-4-5-7-28(22)34-18-23/h4-11,14,16-18,24,26,29H,12-13,15H2,1-3H3,(H,35,38). The summed E-state index contributed by atoms with van der Waals surface area (Å²) < 4.78 is 16.8. The minimum atomic E-state index is -0.262. The zero-order chi connectivity index (χ0) is 28.5. The first kappa shape index (κ1) is 26.5. The molecule has 1 fully saturated rings. The number of aliphatic imine (C=N–C) groups is 1. The molecule has 0 saturated heterocycles. The van der Waals surface area contributed by atoms with Gasteiger partial charge >= 0.3 is 5.97 Å². The maximum absolute atomic E-state index is 13.0. The first-order valence-corrected chi connectivity index (χ1v) is 13.7. The molecule has 4 aromatic rings. The van der Waals surface area contributed by atoms with Gasteiger partial charge in [-0.05, 0) is 61.2 Å². The number of nitrogens with one attached hydrogen (secondary N) is 1. The van der Waals surface area contributed by atoms with Gasteiger partial charge in [0.2, 0.25) is 0 Å². The Morgan fingerprint density at radius 2 is 1.68 bits per heavy atom. The first-order chi connectivity index (χ1) is 19.9. The van der Waals surface area contributed by atoms with Crippen LogP contribution in [0.2, 0.25) is 0 Å². The van der Waals surface area contributed by atoms with Gasteiger partial charge in [-0.25, -0.2) is 0 Å². The molecule has 1 saturated carbocycles. The molecule has 41 heavy (non-hydrogen) atoms. The van der Waals surface area contributed by atoms with Gasteiger partial charge in [-0.2, -0.15) is 0 Å². The topological polar surface area (TPSA) is 99.1 Å². The summed E-state index contributed by atoms with van der Waals surface area (Å²) in [5, 5.41) is 3.91. The molecule has 0 spiro atoms. The van der Waals surface area contributed by atoms with E-state index < -0.39 is 0 Å². The quantitative estimate of drug-likeness (QED) is 0.300. The Balaban J connectivity index is 1.30. The summed E-state index contributed by atoms with van der Waals surface area (Å²) in [5.74, 6) is 0.880. The van der Waals surface area contributed by atoms with Gasteiger partial charge in [0.1, 0.15) is 6.10 Å². The summed E-state index contributed by atoms with van der Waals surface area (Å²) in [5.41, 5.74) is 5.85. The molecule has 8 nitrogen and oxygen atoms in total. The molecular formula is C33H31N3O5. The van der Waals surface area contributed by atoms with Crippen molar-refractivity contribution < 1.29 is 23.8 Å². The Morgan fingerprint density at radius 3 is 2.44 bits per heavy atom. The number of hydrogen-bond acceptors (Lipinski definition) is 7. The van der Waals surface area contributed by atoms with Gasteiger partial charge in [-0.1, -0.05) is 30.3 Å². The molecule has 1 N–H and O–H groups in total. The zero-order valence-electron chi connectivity index (χ0n) is 23.2. The highest BCUT2D eigenvalue weighted by Crippen LogP contribution is 2.45. The van der Waals surface area contributed by atoms with Crippen LogP contribution in [0.3, 0.4) is 0 Å². The van der Waals surface area contributed by atoms with Crippen LogP contribution < -0.4 is 14.8 Å². The summed E-state index contributed by atoms with van der Waals surface area (Å²) in [4.78, 5) is 34.3. The lowest BCUT2D eigenvalue weighted by Gasteiger charge is -2.38. The van der Waals surface area contributed by atoms with Crippen molar-refractivity contribution >= 4 is 34.2 Å². The van der Waals surface area contributed by atoms with E-state index >= 15 is 0 Å². The van der Waals surface area contributed by atoms with Gasteiger partial charge in [0, 0.05) is 34.9 Å². The van der Waals surface area contributed by atoms with Crippen LogP contribution in [0.4, 0.5) is 5.69 Å². The van der Waals surface area contributed by atoms with Crippen molar-refractivity contribution in [3.05, 3.63) is 95.2 Å². The molecule has 1 aliphatic heterocycles. The molecule has 208 valence electrons. The van der Waals surface area contributed by atoms with Gasteiger partial charge in [-0.15, -0.1) is 0 Å². The lowest BCUT2D eigenvalue weighted by molar-refractivity contribution is -0.148. The zero-order valence-corrected chi connectivity index (χ0v) is 23.2. The largest absolute Gasteiger partial charge is 0.493 e. The van der Waals surface area contributed by atoms with Crippen LogP contribution in [-0.2, 0) is 9.53 Å². The average Bonchev–Trinajstić information content (AvgIpc) is 2.99. The number of benzene rings is 3. The van der Waals surface area contributed by atoms with Crippen molar-refractivity contribution in [1.29, 1.82) is 0 Å². The lowest BCUT2D eigenvalue weighted by atomic mass is 9.74. The maximum atomic E-state index is 13.0. The SMILES string of the molecule is COc1cc2c(cc1OC)C1CC(OC(C)=O)CCC1N=C2c1ccc(C(=O)Nc2cnc3ccccc3c2)cc1. The van der Waals surface area contributed by atoms with Crippen molar-refractivity contribution in [1.82, 2.24) is 4.98 Å². The Bertz CT molecular complexity index is 1660. The number of para-hydroxylation sites is 1. The molecule has 3 unspecified atom stereocenters. The number of pyridine rings is 1. The number of hydrogen-bond donors (Lipinski definition) is 1. The third kappa shape index (κ3) is 5.25. The smallest absolute Gasteiger partial charge is 0.302 e. The van der Waals surface area contributed by atoms with E-state index in [2.05, 4.69) is 10.3 Å². The molecule has 1 aromatic heterocycles. The number of carbonyl (C=O) groups excluding carboxylic acids is 2. The number of fused-ring (bicyclic) bond motifs is 4. The summed E-state index contributed by atoms with van der Waals surface area (Å²) >= 11 is 0. The summed E-state index contributed by atoms with van der Waals surface area (Å²) in [7, 11) is 3.24. The van der Waals surface area contributed by atoms with Crippen LogP contribution in [0.5, 0.6) is 11.5 Å². The van der Waals surface area contributed by atoms with Crippen molar-refractivity contribution in [2.45, 2.75) is 44.2 Å². The monoisotopic (exact) mass is 549 g/mol. The van der Waals surface area contributed by atoms with E-state index in [1.54, 1.807) is 20.4 Å². The lowest BCUT2D eigenvalue weighted by Crippen LogP contribution is -2.36. The van der Waals surface area contributed by atoms with Crippen molar-refractivity contribution in [2.75, 3.05) is 19.5 Å². The van der Waals surface area contributed by atoms with Crippen LogP contribution >= 0.6 is 0 Å². The third-order valence-electron chi connectivity index (χ3n) is 7.87. The number of carbonyl (C=O) groups is 2. The van der Waals surface area contributed by atoms with E-state index in [1.807, 2.05) is 66.7 Å². The van der Waals surface area contributed by atoms with Crippen LogP contribution in [0.1, 0.15) is 59.2 Å². The fourth-order valence-electron chi connectivity index (χ4n) is 5.94. The van der Waals surface area contributed by atoms with Crippen LogP contribution in [0.15, 0.2) is 77.9 Å². The Hall–Kier alpha value is -4.72. The summed E-state index contributed by atoms with van der Waals surface area (Å²) in [6.07, 6.45) is 3.80. The third-order valence-corrected chi connectivity index (χ3v) is 7.87. The highest BCUT2D eigenvalue weighted by molar-refractivity contribution is 6.15. The summed E-state index contributed by atoms with van der Waals surface area (Å²) in [6.45, 7) is 1.45. The number of rotatable bonds is 6. The molecule has 8 heteroatoms. The van der Waals surface area contributed by atoms with Crippen LogP contribution in [0, 0.1) is 0 Å². The van der Waals surface area contributed by atoms with E-state index in [4.69, 9.17) is 19.2 Å². The minimum absolute atomic E-state index is 0.0470. The molecule has 1 aliphatic carbocycles. The van der Waals surface area contributed by atoms with Crippen LogP contribution in [-0.4, -0.2) is 48.9 Å². The number of esters is 1. The summed E-state index contributed by atoms with van der Waals surface area (Å²) in [6, 6.07) is 21.2. The average molecular weight is 550 g/mol. The molecule has 3 aromatic carbocycles. The fourth-order valence-corrected chi connectivity index (χ4v) is 5.94. The number of methoxy groups -OCH3 is 2. The normalized spacial score (nSPS) is 19.4. The minimum Gasteiger partial charge on any atom is -0.493 e. The first-order valence-electron chi connectivity index (χ1n) is 13.7. The molecule has 0 bridgehead atoms. The van der Waals surface area contributed by atoms with E-state index in [0.717, 1.165) is 46.1 Å². The number of aromatic nitrogens is 1. The molecule has 1 amide bonds. The Kier molecular flexibility index (Phi) is 7.14. The van der Waals surface area contributed by atoms with Gasteiger partial charge in [0.05, 0.1) is 43.4 Å². The molecule has 6 rings (SSSR count). The molecule has 2 heterocycles. The number of nitrogens with zero attached hydrogens (tertiary/aromatic N) is 2. The van der Waals surface area contributed by atoms with E-state index in [0.29, 0.717) is 29.2 Å². The number of anilines is 1. The van der Waals surface area contributed by atoms with Crippen LogP contribution in [0.25, 0.3) is 10.9 Å². The van der Waals surface area contributed by atoms with E-state index in [9.17, 15) is 9.59 Å².